The Morgan fingerprint density at radius 2 is 1.88 bits per heavy atom. The lowest BCUT2D eigenvalue weighted by atomic mass is 9.86. The lowest BCUT2D eigenvalue weighted by Gasteiger charge is -2.37. The summed E-state index contributed by atoms with van der Waals surface area (Å²) in [7, 11) is 0. The largest absolute Gasteiger partial charge is 0.444 e. The summed E-state index contributed by atoms with van der Waals surface area (Å²) in [6.45, 7) is 13.1. The summed E-state index contributed by atoms with van der Waals surface area (Å²) in [5.74, 6) is 0. The molecule has 1 aliphatic carbocycles. The van der Waals surface area contributed by atoms with Crippen molar-refractivity contribution in [2.75, 3.05) is 18.4 Å². The minimum absolute atomic E-state index is 0.200. The van der Waals surface area contributed by atoms with Gasteiger partial charge in [0.05, 0.1) is 0 Å². The third-order valence-corrected chi connectivity index (χ3v) is 4.46. The summed E-state index contributed by atoms with van der Waals surface area (Å²) in [4.78, 5) is 14.2. The highest BCUT2D eigenvalue weighted by Gasteiger charge is 2.31. The maximum atomic E-state index is 11.8. The first kappa shape index (κ1) is 19.6. The van der Waals surface area contributed by atoms with E-state index >= 15 is 0 Å². The molecule has 1 amide bonds. The van der Waals surface area contributed by atoms with E-state index in [-0.39, 0.29) is 12.1 Å². The summed E-state index contributed by atoms with van der Waals surface area (Å²) in [5.41, 5.74) is 2.04. The monoisotopic (exact) mass is 347 g/mol. The second-order valence-electron chi connectivity index (χ2n) is 7.82. The Morgan fingerprint density at radius 3 is 2.48 bits per heavy atom. The number of amides is 1. The highest BCUT2D eigenvalue weighted by molar-refractivity contribution is 5.68. The van der Waals surface area contributed by atoms with Gasteiger partial charge >= 0.3 is 6.09 Å². The lowest BCUT2D eigenvalue weighted by Crippen LogP contribution is -2.50. The average molecular weight is 348 g/mol. The number of anilines is 1. The Labute approximate surface area is 152 Å². The Hall–Kier alpha value is -1.75. The smallest absolute Gasteiger partial charge is 0.407 e. The van der Waals surface area contributed by atoms with Crippen LogP contribution in [0, 0.1) is 0 Å². The molecule has 0 aromatic heterocycles. The Balaban J connectivity index is 1.76. The van der Waals surface area contributed by atoms with Gasteiger partial charge in [0.15, 0.2) is 0 Å². The Kier molecular flexibility index (Phi) is 6.71. The van der Waals surface area contributed by atoms with Gasteiger partial charge in [0, 0.05) is 24.3 Å². The molecule has 1 saturated carbocycles. The molecule has 2 rings (SSSR count). The zero-order valence-electron chi connectivity index (χ0n) is 16.3. The van der Waals surface area contributed by atoms with Crippen molar-refractivity contribution in [2.45, 2.75) is 71.7 Å². The summed E-state index contributed by atoms with van der Waals surface area (Å²) in [6.07, 6.45) is 1.54. The molecule has 0 saturated heterocycles. The fraction of sp³-hybridized carbons (Fsp3) is 0.650. The molecule has 0 heterocycles. The van der Waals surface area contributed by atoms with Crippen molar-refractivity contribution < 1.29 is 9.53 Å². The van der Waals surface area contributed by atoms with Crippen molar-refractivity contribution in [1.29, 1.82) is 0 Å². The number of benzene rings is 1. The molecule has 0 aliphatic heterocycles. The molecule has 0 unspecified atom stereocenters. The number of carbonyl (C=O) groups is 1. The van der Waals surface area contributed by atoms with Crippen LogP contribution in [0.2, 0.25) is 0 Å². The standard InChI is InChI=1S/C20H33N3O2/c1-6-23(7-2)14-15-9-8-10-16(11-15)21-17-12-18(13-17)22-19(24)25-20(3,4)5/h8-11,17-18,21H,6-7,12-14H2,1-5H3,(H,22,24). The van der Waals surface area contributed by atoms with Crippen molar-refractivity contribution in [3.05, 3.63) is 29.8 Å². The Bertz CT molecular complexity index is 558. The molecule has 1 aromatic carbocycles. The number of nitrogens with one attached hydrogen (secondary N) is 2. The van der Waals surface area contributed by atoms with Crippen LogP contribution >= 0.6 is 0 Å². The van der Waals surface area contributed by atoms with Gasteiger partial charge in [0.1, 0.15) is 5.60 Å². The first-order chi connectivity index (χ1) is 11.8. The summed E-state index contributed by atoms with van der Waals surface area (Å²) in [5, 5.41) is 6.50. The zero-order chi connectivity index (χ0) is 18.4. The van der Waals surface area contributed by atoms with E-state index in [2.05, 4.69) is 53.6 Å². The van der Waals surface area contributed by atoms with Crippen LogP contribution in [0.4, 0.5) is 10.5 Å². The predicted octanol–water partition coefficient (Wildman–Crippen LogP) is 4.00. The second kappa shape index (κ2) is 8.56. The van der Waals surface area contributed by atoms with E-state index < -0.39 is 5.60 Å². The van der Waals surface area contributed by atoms with Gasteiger partial charge in [-0.3, -0.25) is 4.90 Å². The second-order valence-corrected chi connectivity index (χ2v) is 7.82. The molecule has 5 heteroatoms. The van der Waals surface area contributed by atoms with Gasteiger partial charge in [-0.05, 0) is 64.4 Å². The van der Waals surface area contributed by atoms with Gasteiger partial charge in [0.25, 0.3) is 0 Å². The third kappa shape index (κ3) is 6.58. The highest BCUT2D eigenvalue weighted by Crippen LogP contribution is 2.25. The third-order valence-electron chi connectivity index (χ3n) is 4.46. The molecule has 0 atom stereocenters. The predicted molar refractivity (Wildman–Crippen MR) is 103 cm³/mol. The van der Waals surface area contributed by atoms with E-state index in [1.54, 1.807) is 0 Å². The summed E-state index contributed by atoms with van der Waals surface area (Å²) >= 11 is 0. The van der Waals surface area contributed by atoms with Gasteiger partial charge in [-0.25, -0.2) is 4.79 Å². The fourth-order valence-corrected chi connectivity index (χ4v) is 3.03. The molecule has 140 valence electrons. The average Bonchev–Trinajstić information content (AvgIpc) is 2.49. The Morgan fingerprint density at radius 1 is 1.20 bits per heavy atom. The topological polar surface area (TPSA) is 53.6 Å². The molecule has 1 aliphatic rings. The first-order valence-electron chi connectivity index (χ1n) is 9.36. The van der Waals surface area contributed by atoms with Crippen LogP contribution in [0.15, 0.2) is 24.3 Å². The molecule has 0 spiro atoms. The van der Waals surface area contributed by atoms with Gasteiger partial charge in [0.2, 0.25) is 0 Å². The first-order valence-corrected chi connectivity index (χ1v) is 9.36. The number of ether oxygens (including phenoxy) is 1. The van der Waals surface area contributed by atoms with Crippen LogP contribution in [0.5, 0.6) is 0 Å². The van der Waals surface area contributed by atoms with Gasteiger partial charge in [-0.1, -0.05) is 26.0 Å². The summed E-state index contributed by atoms with van der Waals surface area (Å²) < 4.78 is 5.30. The number of hydrogen-bond donors (Lipinski definition) is 2. The van der Waals surface area contributed by atoms with Gasteiger partial charge in [-0.2, -0.15) is 0 Å². The van der Waals surface area contributed by atoms with E-state index in [9.17, 15) is 4.79 Å². The maximum absolute atomic E-state index is 11.8. The van der Waals surface area contributed by atoms with Crippen LogP contribution in [0.25, 0.3) is 0 Å². The quantitative estimate of drug-likeness (QED) is 0.783. The maximum Gasteiger partial charge on any atom is 0.407 e. The lowest BCUT2D eigenvalue weighted by molar-refractivity contribution is 0.0475. The molecule has 2 N–H and O–H groups in total. The molecule has 25 heavy (non-hydrogen) atoms. The molecule has 5 nitrogen and oxygen atoms in total. The van der Waals surface area contributed by atoms with Crippen molar-refractivity contribution in [1.82, 2.24) is 10.2 Å². The molecular weight excluding hydrogens is 314 g/mol. The minimum atomic E-state index is -0.448. The molecular formula is C20H33N3O2. The van der Waals surface area contributed by atoms with Crippen molar-refractivity contribution in [3.8, 4) is 0 Å². The molecule has 1 aromatic rings. The van der Waals surface area contributed by atoms with E-state index in [4.69, 9.17) is 4.74 Å². The number of alkyl carbamates (subject to hydrolysis) is 1. The highest BCUT2D eigenvalue weighted by atomic mass is 16.6. The zero-order valence-corrected chi connectivity index (χ0v) is 16.3. The fourth-order valence-electron chi connectivity index (χ4n) is 3.03. The van der Waals surface area contributed by atoms with E-state index in [0.29, 0.717) is 6.04 Å². The molecule has 0 radical (unpaired) electrons. The van der Waals surface area contributed by atoms with E-state index in [0.717, 1.165) is 38.2 Å². The molecule has 1 fully saturated rings. The van der Waals surface area contributed by atoms with Crippen LogP contribution in [0.1, 0.15) is 53.0 Å². The van der Waals surface area contributed by atoms with Crippen molar-refractivity contribution in [2.24, 2.45) is 0 Å². The SMILES string of the molecule is CCN(CC)Cc1cccc(NC2CC(NC(=O)OC(C)(C)C)C2)c1. The van der Waals surface area contributed by atoms with Crippen LogP contribution in [-0.2, 0) is 11.3 Å². The van der Waals surface area contributed by atoms with E-state index in [1.165, 1.54) is 5.56 Å². The van der Waals surface area contributed by atoms with Crippen LogP contribution in [-0.4, -0.2) is 41.8 Å². The van der Waals surface area contributed by atoms with Crippen molar-refractivity contribution >= 4 is 11.8 Å². The number of hydrogen-bond acceptors (Lipinski definition) is 4. The normalized spacial score (nSPS) is 20.1. The van der Waals surface area contributed by atoms with Gasteiger partial charge in [-0.15, -0.1) is 0 Å². The summed E-state index contributed by atoms with van der Waals surface area (Å²) in [6, 6.07) is 9.23. The van der Waals surface area contributed by atoms with Crippen LogP contribution < -0.4 is 10.6 Å². The molecule has 0 bridgehead atoms. The van der Waals surface area contributed by atoms with Crippen LogP contribution in [0.3, 0.4) is 0 Å². The van der Waals surface area contributed by atoms with Gasteiger partial charge < -0.3 is 15.4 Å². The number of rotatable bonds is 7. The number of carbonyl (C=O) groups excluding carboxylic acids is 1. The minimum Gasteiger partial charge on any atom is -0.444 e. The number of nitrogens with zero attached hydrogens (tertiary/aromatic N) is 1. The van der Waals surface area contributed by atoms with E-state index in [1.807, 2.05) is 20.8 Å². The van der Waals surface area contributed by atoms with Crippen molar-refractivity contribution in [3.63, 3.8) is 0 Å².